The molecule has 0 aromatic carbocycles. The van der Waals surface area contributed by atoms with Gasteiger partial charge in [-0.15, -0.1) is 0 Å². The van der Waals surface area contributed by atoms with Gasteiger partial charge >= 0.3 is 0 Å². The number of hydrogen-bond acceptors (Lipinski definition) is 3. The maximum atomic E-state index is 5.52. The van der Waals surface area contributed by atoms with E-state index in [1.165, 1.54) is 0 Å². The van der Waals surface area contributed by atoms with Gasteiger partial charge in [0.1, 0.15) is 11.5 Å². The van der Waals surface area contributed by atoms with Crippen molar-refractivity contribution in [2.45, 2.75) is 20.4 Å². The lowest BCUT2D eigenvalue weighted by molar-refractivity contribution is 0.969. The van der Waals surface area contributed by atoms with Gasteiger partial charge in [-0.3, -0.25) is 4.40 Å². The second-order valence-electron chi connectivity index (χ2n) is 3.12. The summed E-state index contributed by atoms with van der Waals surface area (Å²) in [7, 11) is 0. The molecular formula is C9H12N4. The molecule has 0 bridgehead atoms. The number of rotatable bonds is 1. The van der Waals surface area contributed by atoms with Crippen molar-refractivity contribution in [1.82, 2.24) is 14.4 Å². The van der Waals surface area contributed by atoms with E-state index in [4.69, 9.17) is 5.73 Å². The number of fused-ring (bicyclic) bond motifs is 1. The molecule has 0 atom stereocenters. The van der Waals surface area contributed by atoms with Crippen LogP contribution in [0.1, 0.15) is 17.1 Å². The highest BCUT2D eigenvalue weighted by Crippen LogP contribution is 2.10. The van der Waals surface area contributed by atoms with Crippen molar-refractivity contribution in [2.75, 3.05) is 0 Å². The van der Waals surface area contributed by atoms with Gasteiger partial charge in [0.05, 0.1) is 5.69 Å². The zero-order chi connectivity index (χ0) is 9.42. The van der Waals surface area contributed by atoms with Crippen LogP contribution in [-0.2, 0) is 6.54 Å². The molecule has 0 aliphatic heterocycles. The lowest BCUT2D eigenvalue weighted by Gasteiger charge is -1.99. The van der Waals surface area contributed by atoms with E-state index in [0.717, 1.165) is 22.7 Å². The van der Waals surface area contributed by atoms with Gasteiger partial charge in [-0.25, -0.2) is 9.97 Å². The van der Waals surface area contributed by atoms with Gasteiger partial charge in [0, 0.05) is 24.5 Å². The first-order chi connectivity index (χ1) is 6.22. The Hall–Kier alpha value is -1.42. The molecule has 2 aromatic heterocycles. The van der Waals surface area contributed by atoms with Crippen LogP contribution in [0.2, 0.25) is 0 Å². The fourth-order valence-corrected chi connectivity index (χ4v) is 1.36. The van der Waals surface area contributed by atoms with Crippen LogP contribution in [-0.4, -0.2) is 14.4 Å². The van der Waals surface area contributed by atoms with Crippen molar-refractivity contribution >= 4 is 5.65 Å². The molecule has 0 amide bonds. The summed E-state index contributed by atoms with van der Waals surface area (Å²) in [6.45, 7) is 4.42. The molecule has 0 saturated carbocycles. The van der Waals surface area contributed by atoms with Crippen LogP contribution in [0, 0.1) is 13.8 Å². The maximum Gasteiger partial charge on any atom is 0.142 e. The van der Waals surface area contributed by atoms with Gasteiger partial charge in [0.25, 0.3) is 0 Å². The minimum Gasteiger partial charge on any atom is -0.325 e. The molecule has 0 aliphatic carbocycles. The molecule has 0 spiro atoms. The van der Waals surface area contributed by atoms with E-state index < -0.39 is 0 Å². The highest BCUT2D eigenvalue weighted by Gasteiger charge is 2.04. The van der Waals surface area contributed by atoms with E-state index in [1.54, 1.807) is 0 Å². The predicted molar refractivity (Wildman–Crippen MR) is 50.4 cm³/mol. The molecule has 0 fully saturated rings. The van der Waals surface area contributed by atoms with Gasteiger partial charge in [-0.05, 0) is 13.8 Å². The molecule has 4 nitrogen and oxygen atoms in total. The third-order valence-electron chi connectivity index (χ3n) is 2.11. The summed E-state index contributed by atoms with van der Waals surface area (Å²) < 4.78 is 1.97. The predicted octanol–water partition coefficient (Wildman–Crippen LogP) is 0.805. The summed E-state index contributed by atoms with van der Waals surface area (Å²) in [5.74, 6) is 0.938. The molecule has 2 aromatic rings. The van der Waals surface area contributed by atoms with Crippen LogP contribution < -0.4 is 5.73 Å². The van der Waals surface area contributed by atoms with Gasteiger partial charge in [-0.2, -0.15) is 0 Å². The molecule has 68 valence electrons. The normalized spacial score (nSPS) is 11.0. The van der Waals surface area contributed by atoms with Crippen LogP contribution in [0.5, 0.6) is 0 Å². The van der Waals surface area contributed by atoms with Crippen LogP contribution >= 0.6 is 0 Å². The van der Waals surface area contributed by atoms with Crippen molar-refractivity contribution in [3.05, 3.63) is 29.5 Å². The van der Waals surface area contributed by atoms with E-state index in [1.807, 2.05) is 30.6 Å². The minimum atomic E-state index is 0.473. The Morgan fingerprint density at radius 3 is 2.85 bits per heavy atom. The van der Waals surface area contributed by atoms with E-state index in [-0.39, 0.29) is 0 Å². The Morgan fingerprint density at radius 1 is 1.46 bits per heavy atom. The topological polar surface area (TPSA) is 56.2 Å². The first-order valence-corrected chi connectivity index (χ1v) is 4.22. The van der Waals surface area contributed by atoms with Crippen LogP contribution in [0.25, 0.3) is 5.65 Å². The quantitative estimate of drug-likeness (QED) is 0.699. The molecular weight excluding hydrogens is 164 g/mol. The summed E-state index contributed by atoms with van der Waals surface area (Å²) in [5.41, 5.74) is 8.45. The Kier molecular flexibility index (Phi) is 1.77. The molecule has 0 unspecified atom stereocenters. The molecule has 2 N–H and O–H groups in total. The standard InChI is InChI=1S/C9H12N4/c1-6-4-11-7(2)13-5-8(3-10)12-9(6)13/h4-5H,3,10H2,1-2H3. The average molecular weight is 176 g/mol. The number of nitrogens with zero attached hydrogens (tertiary/aromatic N) is 3. The molecule has 4 heteroatoms. The summed E-state index contributed by atoms with van der Waals surface area (Å²) in [6.07, 6.45) is 3.77. The largest absolute Gasteiger partial charge is 0.325 e. The Labute approximate surface area is 76.4 Å². The SMILES string of the molecule is Cc1cnc(C)n2cc(CN)nc12. The Balaban J connectivity index is 2.80. The lowest BCUT2D eigenvalue weighted by atomic mass is 10.3. The van der Waals surface area contributed by atoms with Gasteiger partial charge < -0.3 is 5.73 Å². The Morgan fingerprint density at radius 2 is 2.23 bits per heavy atom. The van der Waals surface area contributed by atoms with Gasteiger partial charge in [-0.1, -0.05) is 0 Å². The molecule has 0 aliphatic rings. The highest BCUT2D eigenvalue weighted by molar-refractivity contribution is 5.47. The van der Waals surface area contributed by atoms with Crippen LogP contribution in [0.15, 0.2) is 12.4 Å². The van der Waals surface area contributed by atoms with Crippen molar-refractivity contribution in [2.24, 2.45) is 5.73 Å². The number of nitrogens with two attached hydrogens (primary N) is 1. The highest BCUT2D eigenvalue weighted by atomic mass is 15.1. The smallest absolute Gasteiger partial charge is 0.142 e. The minimum absolute atomic E-state index is 0.473. The summed E-state index contributed by atoms with van der Waals surface area (Å²) >= 11 is 0. The molecule has 2 heterocycles. The first kappa shape index (κ1) is 8.19. The summed E-state index contributed by atoms with van der Waals surface area (Å²) in [4.78, 5) is 8.63. The number of aryl methyl sites for hydroxylation is 2. The van der Waals surface area contributed by atoms with Crippen molar-refractivity contribution in [1.29, 1.82) is 0 Å². The van der Waals surface area contributed by atoms with Crippen molar-refractivity contribution in [3.63, 3.8) is 0 Å². The fourth-order valence-electron chi connectivity index (χ4n) is 1.36. The summed E-state index contributed by atoms with van der Waals surface area (Å²) in [5, 5.41) is 0. The Bertz CT molecular complexity index is 405. The monoisotopic (exact) mass is 176 g/mol. The second kappa shape index (κ2) is 2.81. The van der Waals surface area contributed by atoms with E-state index in [2.05, 4.69) is 9.97 Å². The lowest BCUT2D eigenvalue weighted by Crippen LogP contribution is -1.95. The van der Waals surface area contributed by atoms with Crippen molar-refractivity contribution in [3.8, 4) is 0 Å². The van der Waals surface area contributed by atoms with Crippen LogP contribution in [0.3, 0.4) is 0 Å². The van der Waals surface area contributed by atoms with Crippen molar-refractivity contribution < 1.29 is 0 Å². The number of hydrogen-bond donors (Lipinski definition) is 1. The van der Waals surface area contributed by atoms with Crippen LogP contribution in [0.4, 0.5) is 0 Å². The first-order valence-electron chi connectivity index (χ1n) is 4.22. The van der Waals surface area contributed by atoms with E-state index in [9.17, 15) is 0 Å². The second-order valence-corrected chi connectivity index (χ2v) is 3.12. The third-order valence-corrected chi connectivity index (χ3v) is 2.11. The molecule has 2 rings (SSSR count). The maximum absolute atomic E-state index is 5.52. The number of aromatic nitrogens is 3. The molecule has 13 heavy (non-hydrogen) atoms. The zero-order valence-corrected chi connectivity index (χ0v) is 7.78. The third kappa shape index (κ3) is 1.19. The molecule has 0 radical (unpaired) electrons. The number of imidazole rings is 1. The van der Waals surface area contributed by atoms with E-state index in [0.29, 0.717) is 6.54 Å². The zero-order valence-electron chi connectivity index (χ0n) is 7.78. The van der Waals surface area contributed by atoms with Gasteiger partial charge in [0.15, 0.2) is 0 Å². The van der Waals surface area contributed by atoms with Gasteiger partial charge in [0.2, 0.25) is 0 Å². The summed E-state index contributed by atoms with van der Waals surface area (Å²) in [6, 6.07) is 0. The molecule has 0 saturated heterocycles. The van der Waals surface area contributed by atoms with E-state index >= 15 is 0 Å². The fraction of sp³-hybridized carbons (Fsp3) is 0.333. The average Bonchev–Trinajstić information content (AvgIpc) is 2.56.